The first-order valence-electron chi connectivity index (χ1n) is 9.71. The van der Waals surface area contributed by atoms with E-state index in [1.165, 1.54) is 51.7 Å². The van der Waals surface area contributed by atoms with Crippen LogP contribution in [-0.2, 0) is 0 Å². The first-order valence-corrected chi connectivity index (χ1v) is 9.71. The quantitative estimate of drug-likeness (QED) is 0.318. The number of hydrogen-bond donors (Lipinski definition) is 1. The number of ether oxygens (including phenoxy) is 3. The molecule has 0 unspecified atom stereocenters. The lowest BCUT2D eigenvalue weighted by Crippen LogP contribution is -2.13. The van der Waals surface area contributed by atoms with E-state index < -0.39 is 10.8 Å². The molecule has 0 aliphatic heterocycles. The molecule has 0 aliphatic rings. The molecule has 0 aliphatic carbocycles. The van der Waals surface area contributed by atoms with Gasteiger partial charge in [0, 0.05) is 17.7 Å². The molecule has 0 fully saturated rings. The van der Waals surface area contributed by atoms with Crippen LogP contribution in [0.3, 0.4) is 0 Å². The van der Waals surface area contributed by atoms with Crippen LogP contribution in [0.2, 0.25) is 0 Å². The van der Waals surface area contributed by atoms with Crippen molar-refractivity contribution in [2.24, 2.45) is 0 Å². The number of hydrogen-bond acceptors (Lipinski definition) is 8. The molecular weight excluding hydrogens is 430 g/mol. The van der Waals surface area contributed by atoms with Crippen molar-refractivity contribution in [2.75, 3.05) is 26.6 Å². The van der Waals surface area contributed by atoms with E-state index in [4.69, 9.17) is 18.6 Å². The normalized spacial score (nSPS) is 10.6. The number of nitro benzene ring substituents is 1. The number of benzene rings is 3. The van der Waals surface area contributed by atoms with Gasteiger partial charge in [-0.05, 0) is 30.3 Å². The number of amides is 1. The van der Waals surface area contributed by atoms with Gasteiger partial charge in [-0.15, -0.1) is 0 Å². The number of fused-ring (bicyclic) bond motifs is 1. The van der Waals surface area contributed by atoms with Crippen molar-refractivity contribution < 1.29 is 28.3 Å². The van der Waals surface area contributed by atoms with Crippen molar-refractivity contribution in [3.63, 3.8) is 0 Å². The summed E-state index contributed by atoms with van der Waals surface area (Å²) in [6.45, 7) is 0. The molecule has 0 radical (unpaired) electrons. The number of methoxy groups -OCH3 is 3. The van der Waals surface area contributed by atoms with Gasteiger partial charge in [-0.25, -0.2) is 4.98 Å². The minimum atomic E-state index is -0.501. The van der Waals surface area contributed by atoms with E-state index in [0.29, 0.717) is 39.6 Å². The van der Waals surface area contributed by atoms with E-state index in [9.17, 15) is 14.9 Å². The fourth-order valence-corrected chi connectivity index (χ4v) is 3.33. The molecule has 168 valence electrons. The van der Waals surface area contributed by atoms with Gasteiger partial charge in [0.05, 0.1) is 37.5 Å². The summed E-state index contributed by atoms with van der Waals surface area (Å²) >= 11 is 0. The first-order chi connectivity index (χ1) is 15.9. The first kappa shape index (κ1) is 21.6. The molecule has 4 rings (SSSR count). The highest BCUT2D eigenvalue weighted by molar-refractivity contribution is 6.06. The van der Waals surface area contributed by atoms with Crippen LogP contribution >= 0.6 is 0 Å². The monoisotopic (exact) mass is 449 g/mol. The van der Waals surface area contributed by atoms with Crippen LogP contribution in [0.4, 0.5) is 11.4 Å². The predicted octanol–water partition coefficient (Wildman–Crippen LogP) is 4.68. The lowest BCUT2D eigenvalue weighted by Gasteiger charge is -2.14. The van der Waals surface area contributed by atoms with Gasteiger partial charge in [0.1, 0.15) is 5.52 Å². The summed E-state index contributed by atoms with van der Waals surface area (Å²) in [6, 6.07) is 14.2. The average molecular weight is 449 g/mol. The molecule has 0 atom stereocenters. The predicted molar refractivity (Wildman–Crippen MR) is 120 cm³/mol. The SMILES string of the molecule is COc1cc(C(=O)Nc2ccccc2-c2nc3cc([N+](=O)[O-])ccc3o2)cc(OC)c1OC. The molecule has 3 aromatic carbocycles. The highest BCUT2D eigenvalue weighted by Gasteiger charge is 2.20. The molecule has 1 amide bonds. The van der Waals surface area contributed by atoms with E-state index in [1.54, 1.807) is 24.3 Å². The Balaban J connectivity index is 1.70. The van der Waals surface area contributed by atoms with E-state index >= 15 is 0 Å². The summed E-state index contributed by atoms with van der Waals surface area (Å²) in [5.41, 5.74) is 1.87. The number of aromatic nitrogens is 1. The minimum Gasteiger partial charge on any atom is -0.493 e. The number of para-hydroxylation sites is 1. The Hall–Kier alpha value is -4.60. The second kappa shape index (κ2) is 8.87. The van der Waals surface area contributed by atoms with Gasteiger partial charge in [0.25, 0.3) is 11.6 Å². The highest BCUT2D eigenvalue weighted by atomic mass is 16.6. The van der Waals surface area contributed by atoms with E-state index in [-0.39, 0.29) is 17.1 Å². The zero-order chi connectivity index (χ0) is 23.5. The van der Waals surface area contributed by atoms with E-state index in [0.717, 1.165) is 0 Å². The molecular formula is C23H19N3O7. The third-order valence-corrected chi connectivity index (χ3v) is 4.91. The minimum absolute atomic E-state index is 0.0914. The van der Waals surface area contributed by atoms with Crippen LogP contribution in [0.5, 0.6) is 17.2 Å². The Morgan fingerprint density at radius 1 is 1.00 bits per heavy atom. The van der Waals surface area contributed by atoms with Gasteiger partial charge in [-0.2, -0.15) is 0 Å². The molecule has 0 saturated carbocycles. The van der Waals surface area contributed by atoms with Crippen LogP contribution in [0.15, 0.2) is 59.0 Å². The van der Waals surface area contributed by atoms with Gasteiger partial charge < -0.3 is 23.9 Å². The summed E-state index contributed by atoms with van der Waals surface area (Å²) in [5, 5.41) is 13.9. The molecule has 0 saturated heterocycles. The van der Waals surface area contributed by atoms with Crippen molar-refractivity contribution >= 4 is 28.4 Å². The number of carbonyl (C=O) groups is 1. The van der Waals surface area contributed by atoms with Crippen molar-refractivity contribution in [1.82, 2.24) is 4.98 Å². The van der Waals surface area contributed by atoms with Crippen molar-refractivity contribution in [2.45, 2.75) is 0 Å². The van der Waals surface area contributed by atoms with E-state index in [1.807, 2.05) is 0 Å². The Kier molecular flexibility index (Phi) is 5.81. The lowest BCUT2D eigenvalue weighted by molar-refractivity contribution is -0.384. The van der Waals surface area contributed by atoms with Gasteiger partial charge in [-0.1, -0.05) is 12.1 Å². The third kappa shape index (κ3) is 4.13. The number of non-ortho nitro benzene ring substituents is 1. The number of oxazole rings is 1. The number of anilines is 1. The maximum Gasteiger partial charge on any atom is 0.271 e. The Morgan fingerprint density at radius 2 is 1.70 bits per heavy atom. The van der Waals surface area contributed by atoms with Crippen molar-refractivity contribution in [1.29, 1.82) is 0 Å². The standard InChI is InChI=1S/C23H19N3O7/c1-30-19-10-13(11-20(31-2)21(19)32-3)22(27)24-16-7-5-4-6-15(16)23-25-17-12-14(26(28)29)8-9-18(17)33-23/h4-12H,1-3H3,(H,24,27). The van der Waals surface area contributed by atoms with Gasteiger partial charge in [0.15, 0.2) is 17.1 Å². The molecule has 10 heteroatoms. The number of nitrogens with one attached hydrogen (secondary N) is 1. The molecule has 0 spiro atoms. The third-order valence-electron chi connectivity index (χ3n) is 4.91. The molecule has 1 heterocycles. The molecule has 4 aromatic rings. The fraction of sp³-hybridized carbons (Fsp3) is 0.130. The number of carbonyl (C=O) groups excluding carboxylic acids is 1. The van der Waals surface area contributed by atoms with Crippen LogP contribution in [0.1, 0.15) is 10.4 Å². The zero-order valence-corrected chi connectivity index (χ0v) is 17.9. The topological polar surface area (TPSA) is 126 Å². The fourth-order valence-electron chi connectivity index (χ4n) is 3.33. The summed E-state index contributed by atoms with van der Waals surface area (Å²) in [6.07, 6.45) is 0. The highest BCUT2D eigenvalue weighted by Crippen LogP contribution is 2.38. The Morgan fingerprint density at radius 3 is 2.33 bits per heavy atom. The largest absolute Gasteiger partial charge is 0.493 e. The Bertz CT molecular complexity index is 1340. The molecule has 33 heavy (non-hydrogen) atoms. The smallest absolute Gasteiger partial charge is 0.271 e. The second-order valence-electron chi connectivity index (χ2n) is 6.84. The summed E-state index contributed by atoms with van der Waals surface area (Å²) in [5.74, 6) is 0.851. The molecule has 10 nitrogen and oxygen atoms in total. The zero-order valence-electron chi connectivity index (χ0n) is 17.9. The van der Waals surface area contributed by atoms with Crippen LogP contribution in [-0.4, -0.2) is 37.1 Å². The van der Waals surface area contributed by atoms with E-state index in [2.05, 4.69) is 10.3 Å². The van der Waals surface area contributed by atoms with Crippen molar-refractivity contribution in [3.8, 4) is 28.7 Å². The summed E-state index contributed by atoms with van der Waals surface area (Å²) in [7, 11) is 4.41. The summed E-state index contributed by atoms with van der Waals surface area (Å²) < 4.78 is 21.7. The second-order valence-corrected chi connectivity index (χ2v) is 6.84. The van der Waals surface area contributed by atoms with Crippen LogP contribution < -0.4 is 19.5 Å². The van der Waals surface area contributed by atoms with Crippen LogP contribution in [0.25, 0.3) is 22.6 Å². The lowest BCUT2D eigenvalue weighted by atomic mass is 10.1. The van der Waals surface area contributed by atoms with Gasteiger partial charge in [-0.3, -0.25) is 14.9 Å². The number of nitro groups is 1. The van der Waals surface area contributed by atoms with Gasteiger partial charge >= 0.3 is 0 Å². The molecule has 0 bridgehead atoms. The molecule has 1 N–H and O–H groups in total. The number of rotatable bonds is 7. The average Bonchev–Trinajstić information content (AvgIpc) is 3.26. The van der Waals surface area contributed by atoms with Crippen LogP contribution in [0, 0.1) is 10.1 Å². The van der Waals surface area contributed by atoms with Gasteiger partial charge in [0.2, 0.25) is 11.6 Å². The molecule has 1 aromatic heterocycles. The maximum atomic E-state index is 13.0. The Labute approximate surface area is 187 Å². The van der Waals surface area contributed by atoms with Crippen molar-refractivity contribution in [3.05, 3.63) is 70.3 Å². The number of nitrogens with zero attached hydrogens (tertiary/aromatic N) is 2. The maximum absolute atomic E-state index is 13.0. The summed E-state index contributed by atoms with van der Waals surface area (Å²) in [4.78, 5) is 27.9.